The van der Waals surface area contributed by atoms with Crippen molar-refractivity contribution in [3.8, 4) is 0 Å². The number of hydrogen-bond donors (Lipinski definition) is 2. The Labute approximate surface area is 222 Å². The largest absolute Gasteiger partial charge is 0.351 e. The van der Waals surface area contributed by atoms with Gasteiger partial charge in [0, 0.05) is 54.3 Å². The molecule has 0 radical (unpaired) electrons. The van der Waals surface area contributed by atoms with Crippen LogP contribution < -0.4 is 15.5 Å². The van der Waals surface area contributed by atoms with Gasteiger partial charge >= 0.3 is 0 Å². The van der Waals surface area contributed by atoms with Crippen LogP contribution in [-0.2, 0) is 11.3 Å². The van der Waals surface area contributed by atoms with E-state index in [9.17, 15) is 4.79 Å². The molecule has 2 N–H and O–H groups in total. The van der Waals surface area contributed by atoms with Crippen LogP contribution in [0.4, 0.5) is 11.4 Å². The van der Waals surface area contributed by atoms with Crippen molar-refractivity contribution in [2.24, 2.45) is 5.92 Å². The number of carbonyl (C=O) groups is 1. The highest BCUT2D eigenvalue weighted by molar-refractivity contribution is 7.80. The maximum atomic E-state index is 12.3. The number of nitrogens with one attached hydrogen (secondary N) is 2. The summed E-state index contributed by atoms with van der Waals surface area (Å²) < 4.78 is 2.24. The molecule has 1 aromatic carbocycles. The smallest absolute Gasteiger partial charge is 0.226 e. The van der Waals surface area contributed by atoms with Crippen LogP contribution in [0.5, 0.6) is 0 Å². The van der Waals surface area contributed by atoms with Crippen LogP contribution in [0.15, 0.2) is 85.5 Å². The number of thiocarbonyl (C=S) groups is 1. The summed E-state index contributed by atoms with van der Waals surface area (Å²) in [5.41, 5.74) is 5.88. The molecular weight excluding hydrogens is 480 g/mol. The molecule has 0 unspecified atom stereocenters. The van der Waals surface area contributed by atoms with Crippen molar-refractivity contribution in [2.45, 2.75) is 39.4 Å². The summed E-state index contributed by atoms with van der Waals surface area (Å²) in [6, 6.07) is 20.0. The summed E-state index contributed by atoms with van der Waals surface area (Å²) in [6.07, 6.45) is 7.58. The van der Waals surface area contributed by atoms with Gasteiger partial charge < -0.3 is 20.1 Å². The molecule has 3 aromatic heterocycles. The molecule has 7 nitrogen and oxygen atoms in total. The second-order valence-electron chi connectivity index (χ2n) is 9.56. The zero-order valence-electron chi connectivity index (χ0n) is 21.1. The first-order chi connectivity index (χ1) is 17.9. The van der Waals surface area contributed by atoms with Crippen molar-refractivity contribution in [3.63, 3.8) is 0 Å². The number of benzene rings is 1. The second-order valence-corrected chi connectivity index (χ2v) is 9.95. The van der Waals surface area contributed by atoms with E-state index in [0.29, 0.717) is 11.7 Å². The number of carbonyl (C=O) groups excluding carboxylic acids is 1. The van der Waals surface area contributed by atoms with Crippen molar-refractivity contribution < 1.29 is 4.79 Å². The lowest BCUT2D eigenvalue weighted by Gasteiger charge is -2.29. The van der Waals surface area contributed by atoms with Gasteiger partial charge in [0.25, 0.3) is 0 Å². The molecule has 1 saturated heterocycles. The van der Waals surface area contributed by atoms with Crippen LogP contribution in [0.1, 0.15) is 48.4 Å². The summed E-state index contributed by atoms with van der Waals surface area (Å²) in [4.78, 5) is 23.4. The molecule has 188 valence electrons. The summed E-state index contributed by atoms with van der Waals surface area (Å²) in [5, 5.41) is 7.18. The number of aryl methyl sites for hydroxylation is 1. The Kier molecular flexibility index (Phi) is 7.01. The van der Waals surface area contributed by atoms with Gasteiger partial charge in [-0.2, -0.15) is 0 Å². The fourth-order valence-corrected chi connectivity index (χ4v) is 5.02. The molecular formula is C29H30N6OS. The van der Waals surface area contributed by atoms with Crippen LogP contribution in [-0.4, -0.2) is 25.6 Å². The summed E-state index contributed by atoms with van der Waals surface area (Å²) in [7, 11) is 0. The average Bonchev–Trinajstić information content (AvgIpc) is 3.49. The fraction of sp³-hybridized carbons (Fsp3) is 0.241. The highest BCUT2D eigenvalue weighted by Crippen LogP contribution is 2.42. The van der Waals surface area contributed by atoms with Crippen molar-refractivity contribution in [3.05, 3.63) is 108 Å². The van der Waals surface area contributed by atoms with Crippen molar-refractivity contribution in [1.29, 1.82) is 0 Å². The molecule has 0 bridgehead atoms. The lowest BCUT2D eigenvalue weighted by Crippen LogP contribution is -2.30. The third kappa shape index (κ3) is 5.11. The Morgan fingerprint density at radius 1 is 1.11 bits per heavy atom. The minimum absolute atomic E-state index is 0.00414. The Hall–Kier alpha value is -4.04. The molecule has 37 heavy (non-hydrogen) atoms. The third-order valence-electron chi connectivity index (χ3n) is 6.61. The van der Waals surface area contributed by atoms with Crippen LogP contribution in [0.3, 0.4) is 0 Å². The first kappa shape index (κ1) is 24.6. The van der Waals surface area contributed by atoms with E-state index < -0.39 is 0 Å². The zero-order valence-corrected chi connectivity index (χ0v) is 21.9. The van der Waals surface area contributed by atoms with Gasteiger partial charge in [-0.1, -0.05) is 26.0 Å². The number of nitrogens with zero attached hydrogens (tertiary/aromatic N) is 4. The average molecular weight is 511 g/mol. The maximum Gasteiger partial charge on any atom is 0.226 e. The first-order valence-corrected chi connectivity index (χ1v) is 12.8. The first-order valence-electron chi connectivity index (χ1n) is 12.4. The van der Waals surface area contributed by atoms with Gasteiger partial charge in [0.1, 0.15) is 6.04 Å². The Morgan fingerprint density at radius 3 is 2.68 bits per heavy atom. The van der Waals surface area contributed by atoms with E-state index in [0.717, 1.165) is 33.9 Å². The molecule has 4 heterocycles. The van der Waals surface area contributed by atoms with E-state index in [1.165, 1.54) is 0 Å². The lowest BCUT2D eigenvalue weighted by molar-refractivity contribution is -0.118. The third-order valence-corrected chi connectivity index (χ3v) is 6.93. The Morgan fingerprint density at radius 2 is 1.97 bits per heavy atom. The topological polar surface area (TPSA) is 75.1 Å². The van der Waals surface area contributed by atoms with Gasteiger partial charge in [0.15, 0.2) is 5.11 Å². The quantitative estimate of drug-likeness (QED) is 0.324. The van der Waals surface area contributed by atoms with Gasteiger partial charge in [0.05, 0.1) is 11.7 Å². The summed E-state index contributed by atoms with van der Waals surface area (Å²) in [5.74, 6) is -0.0962. The number of hydrogen-bond acceptors (Lipinski definition) is 4. The van der Waals surface area contributed by atoms with E-state index in [-0.39, 0.29) is 23.9 Å². The normalized spacial score (nSPS) is 17.2. The lowest BCUT2D eigenvalue weighted by atomic mass is 10.00. The minimum Gasteiger partial charge on any atom is -0.351 e. The van der Waals surface area contributed by atoms with Gasteiger partial charge in [-0.05, 0) is 78.8 Å². The Bertz CT molecular complexity index is 1400. The van der Waals surface area contributed by atoms with Crippen LogP contribution in [0.2, 0.25) is 0 Å². The number of amides is 1. The van der Waals surface area contributed by atoms with Gasteiger partial charge in [-0.25, -0.2) is 0 Å². The minimum atomic E-state index is -0.142. The molecule has 1 fully saturated rings. The number of anilines is 2. The molecule has 1 amide bonds. The van der Waals surface area contributed by atoms with Crippen LogP contribution in [0.25, 0.3) is 0 Å². The predicted molar refractivity (Wildman–Crippen MR) is 150 cm³/mol. The van der Waals surface area contributed by atoms with Crippen molar-refractivity contribution in [1.82, 2.24) is 19.9 Å². The molecule has 5 rings (SSSR count). The molecule has 8 heteroatoms. The number of rotatable bonds is 7. The van der Waals surface area contributed by atoms with E-state index in [4.69, 9.17) is 12.2 Å². The van der Waals surface area contributed by atoms with Crippen LogP contribution in [0, 0.1) is 12.8 Å². The van der Waals surface area contributed by atoms with Gasteiger partial charge in [0.2, 0.25) is 5.91 Å². The summed E-state index contributed by atoms with van der Waals surface area (Å²) >= 11 is 5.90. The molecule has 4 aromatic rings. The molecule has 2 atom stereocenters. The van der Waals surface area contributed by atoms with E-state index in [1.54, 1.807) is 6.20 Å². The second kappa shape index (κ2) is 10.5. The zero-order chi connectivity index (χ0) is 25.9. The molecule has 1 aliphatic heterocycles. The van der Waals surface area contributed by atoms with Gasteiger partial charge in [-0.3, -0.25) is 14.8 Å². The highest BCUT2D eigenvalue weighted by Gasteiger charge is 2.42. The SMILES string of the molecule is Cc1cc(N2C(=S)N[C@@H](c3ccccn3)[C@H]2c2cccn2Cc2cccnc2)ccc1NC(=O)C(C)C. The van der Waals surface area contributed by atoms with E-state index >= 15 is 0 Å². The molecule has 0 saturated carbocycles. The maximum absolute atomic E-state index is 12.3. The van der Waals surface area contributed by atoms with Crippen molar-refractivity contribution >= 4 is 34.6 Å². The molecule has 1 aliphatic rings. The van der Waals surface area contributed by atoms with E-state index in [1.807, 2.05) is 69.6 Å². The standard InChI is InChI=1S/C29H30N6OS/c1-19(2)28(36)32-23-12-11-22(16-20(23)3)35-27(26(33-29(35)37)24-9-4-5-14-31-24)25-10-7-15-34(25)18-21-8-6-13-30-17-21/h4-17,19,26-27H,18H2,1-3H3,(H,32,36)(H,33,37)/t26-,27+/m0/s1. The van der Waals surface area contributed by atoms with Crippen molar-refractivity contribution in [2.75, 3.05) is 10.2 Å². The number of pyridine rings is 2. The molecule has 0 aliphatic carbocycles. The van der Waals surface area contributed by atoms with Gasteiger partial charge in [-0.15, -0.1) is 0 Å². The van der Waals surface area contributed by atoms with Crippen LogP contribution >= 0.6 is 12.2 Å². The monoisotopic (exact) mass is 510 g/mol. The molecule has 0 spiro atoms. The summed E-state index contributed by atoms with van der Waals surface area (Å²) in [6.45, 7) is 6.47. The number of aromatic nitrogens is 3. The Balaban J connectivity index is 1.55. The van der Waals surface area contributed by atoms with E-state index in [2.05, 4.69) is 60.5 Å². The fourth-order valence-electron chi connectivity index (χ4n) is 4.68. The predicted octanol–water partition coefficient (Wildman–Crippen LogP) is 5.41. The highest BCUT2D eigenvalue weighted by atomic mass is 32.1.